The van der Waals surface area contributed by atoms with Crippen molar-refractivity contribution in [3.8, 4) is 0 Å². The molecule has 0 bridgehead atoms. The molecule has 0 aromatic heterocycles. The van der Waals surface area contributed by atoms with Gasteiger partial charge in [0.25, 0.3) is 0 Å². The van der Waals surface area contributed by atoms with Gasteiger partial charge >= 0.3 is 0 Å². The van der Waals surface area contributed by atoms with E-state index in [1.54, 1.807) is 0 Å². The molecule has 1 N–H and O–H groups in total. The zero-order chi connectivity index (χ0) is 11.1. The fourth-order valence-electron chi connectivity index (χ4n) is 1.36. The van der Waals surface area contributed by atoms with E-state index < -0.39 is 0 Å². The van der Waals surface area contributed by atoms with Crippen LogP contribution in [0.25, 0.3) is 0 Å². The fourth-order valence-corrected chi connectivity index (χ4v) is 1.77. The van der Waals surface area contributed by atoms with Gasteiger partial charge in [0.15, 0.2) is 0 Å². The minimum absolute atomic E-state index is 0.0220. The second kappa shape index (κ2) is 6.51. The highest BCUT2D eigenvalue weighted by Crippen LogP contribution is 2.03. The van der Waals surface area contributed by atoms with Gasteiger partial charge in [0.1, 0.15) is 0 Å². The summed E-state index contributed by atoms with van der Waals surface area (Å²) in [6, 6.07) is 9.72. The Morgan fingerprint density at radius 2 is 2.07 bits per heavy atom. The van der Waals surface area contributed by atoms with Gasteiger partial charge in [-0.05, 0) is 12.0 Å². The number of carbonyl (C=O) groups excluding carboxylic acids is 1. The highest BCUT2D eigenvalue weighted by Gasteiger charge is 2.07. The number of amides is 1. The largest absolute Gasteiger partial charge is 0.344 e. The topological polar surface area (TPSA) is 29.1 Å². The van der Waals surface area contributed by atoms with Crippen molar-refractivity contribution >= 4 is 18.5 Å². The summed E-state index contributed by atoms with van der Waals surface area (Å²) in [5.74, 6) is 0.0367. The second-order valence-corrected chi connectivity index (χ2v) is 4.16. The molecule has 1 aromatic carbocycles. The number of hydrogen-bond donors (Lipinski definition) is 2. The lowest BCUT2D eigenvalue weighted by Gasteiger charge is -2.11. The van der Waals surface area contributed by atoms with E-state index in [0.29, 0.717) is 6.42 Å². The van der Waals surface area contributed by atoms with E-state index in [0.717, 1.165) is 18.4 Å². The molecular weight excluding hydrogens is 206 g/mol. The Balaban J connectivity index is 2.36. The molecule has 3 heteroatoms. The molecule has 1 rings (SSSR count). The standard InChI is InChI=1S/C12H17NOS/c1-2-6-12(15)13-11(14)9-10-7-4-3-5-8-10/h3-5,7-8,12,15H,2,6,9H2,1H3,(H,13,14)/t12-/m0/s1. The second-order valence-electron chi connectivity index (χ2n) is 3.53. The molecule has 0 spiro atoms. The van der Waals surface area contributed by atoms with Crippen LogP contribution in [-0.4, -0.2) is 11.3 Å². The number of rotatable bonds is 5. The van der Waals surface area contributed by atoms with E-state index in [4.69, 9.17) is 0 Å². The average molecular weight is 223 g/mol. The Bertz CT molecular complexity index is 300. The van der Waals surface area contributed by atoms with Crippen LogP contribution in [0.5, 0.6) is 0 Å². The molecule has 0 fully saturated rings. The lowest BCUT2D eigenvalue weighted by molar-refractivity contribution is -0.120. The van der Waals surface area contributed by atoms with Crippen molar-refractivity contribution in [3.05, 3.63) is 35.9 Å². The van der Waals surface area contributed by atoms with Crippen molar-refractivity contribution in [2.45, 2.75) is 31.6 Å². The minimum Gasteiger partial charge on any atom is -0.344 e. The number of nitrogens with one attached hydrogen (secondary N) is 1. The molecule has 1 atom stereocenters. The summed E-state index contributed by atoms with van der Waals surface area (Å²) in [5, 5.41) is 2.83. The molecule has 0 aliphatic carbocycles. The number of hydrogen-bond acceptors (Lipinski definition) is 2. The van der Waals surface area contributed by atoms with E-state index in [-0.39, 0.29) is 11.3 Å². The monoisotopic (exact) mass is 223 g/mol. The predicted octanol–water partition coefficient (Wildman–Crippen LogP) is 2.40. The number of benzene rings is 1. The SMILES string of the molecule is CCC[C@H](S)NC(=O)Cc1ccccc1. The van der Waals surface area contributed by atoms with Crippen LogP contribution in [0.1, 0.15) is 25.3 Å². The molecule has 0 radical (unpaired) electrons. The summed E-state index contributed by atoms with van der Waals surface area (Å²) < 4.78 is 0. The van der Waals surface area contributed by atoms with Gasteiger partial charge in [-0.1, -0.05) is 43.7 Å². The maximum atomic E-state index is 11.5. The van der Waals surface area contributed by atoms with Gasteiger partial charge in [-0.3, -0.25) is 4.79 Å². The molecule has 0 saturated heterocycles. The van der Waals surface area contributed by atoms with Gasteiger partial charge in [0.05, 0.1) is 11.8 Å². The van der Waals surface area contributed by atoms with Gasteiger partial charge in [-0.25, -0.2) is 0 Å². The normalized spacial score (nSPS) is 12.1. The quantitative estimate of drug-likeness (QED) is 0.582. The summed E-state index contributed by atoms with van der Waals surface area (Å²) >= 11 is 4.28. The van der Waals surface area contributed by atoms with Crippen LogP contribution in [-0.2, 0) is 11.2 Å². The lowest BCUT2D eigenvalue weighted by atomic mass is 10.1. The molecule has 82 valence electrons. The Kier molecular flexibility index (Phi) is 5.26. The van der Waals surface area contributed by atoms with E-state index in [9.17, 15) is 4.79 Å². The zero-order valence-electron chi connectivity index (χ0n) is 8.94. The van der Waals surface area contributed by atoms with Crippen molar-refractivity contribution in [2.75, 3.05) is 0 Å². The van der Waals surface area contributed by atoms with Crippen LogP contribution in [0, 0.1) is 0 Å². The lowest BCUT2D eigenvalue weighted by Crippen LogP contribution is -2.31. The molecule has 1 amide bonds. The third kappa shape index (κ3) is 4.88. The smallest absolute Gasteiger partial charge is 0.225 e. The van der Waals surface area contributed by atoms with E-state index in [1.165, 1.54) is 0 Å². The van der Waals surface area contributed by atoms with Gasteiger partial charge in [0.2, 0.25) is 5.91 Å². The van der Waals surface area contributed by atoms with Gasteiger partial charge in [-0.15, -0.1) is 0 Å². The van der Waals surface area contributed by atoms with Gasteiger partial charge < -0.3 is 5.32 Å². The molecule has 2 nitrogen and oxygen atoms in total. The molecule has 15 heavy (non-hydrogen) atoms. The van der Waals surface area contributed by atoms with Crippen LogP contribution in [0.4, 0.5) is 0 Å². The molecular formula is C12H17NOS. The van der Waals surface area contributed by atoms with Crippen LogP contribution in [0.3, 0.4) is 0 Å². The Labute approximate surface area is 96.5 Å². The highest BCUT2D eigenvalue weighted by atomic mass is 32.1. The van der Waals surface area contributed by atoms with E-state index in [2.05, 4.69) is 24.9 Å². The Morgan fingerprint density at radius 1 is 1.40 bits per heavy atom. The van der Waals surface area contributed by atoms with Crippen molar-refractivity contribution < 1.29 is 4.79 Å². The molecule has 0 unspecified atom stereocenters. The average Bonchev–Trinajstić information content (AvgIpc) is 2.19. The maximum absolute atomic E-state index is 11.5. The first kappa shape index (κ1) is 12.1. The first-order valence-corrected chi connectivity index (χ1v) is 5.75. The number of thiol groups is 1. The summed E-state index contributed by atoms with van der Waals surface area (Å²) in [7, 11) is 0. The maximum Gasteiger partial charge on any atom is 0.225 e. The molecule has 0 saturated carbocycles. The van der Waals surface area contributed by atoms with Crippen molar-refractivity contribution in [1.29, 1.82) is 0 Å². The fraction of sp³-hybridized carbons (Fsp3) is 0.417. The van der Waals surface area contributed by atoms with Crippen molar-refractivity contribution in [1.82, 2.24) is 5.32 Å². The van der Waals surface area contributed by atoms with Crippen LogP contribution >= 0.6 is 12.6 Å². The third-order valence-corrected chi connectivity index (χ3v) is 2.48. The molecule has 0 aliphatic heterocycles. The summed E-state index contributed by atoms with van der Waals surface area (Å²) in [6.45, 7) is 2.08. The third-order valence-electron chi connectivity index (χ3n) is 2.10. The van der Waals surface area contributed by atoms with Crippen LogP contribution in [0.2, 0.25) is 0 Å². The predicted molar refractivity (Wildman–Crippen MR) is 66.0 cm³/mol. The highest BCUT2D eigenvalue weighted by molar-refractivity contribution is 7.80. The number of carbonyl (C=O) groups is 1. The Hall–Kier alpha value is -0.960. The van der Waals surface area contributed by atoms with Gasteiger partial charge in [-0.2, -0.15) is 12.6 Å². The van der Waals surface area contributed by atoms with Gasteiger partial charge in [0, 0.05) is 0 Å². The van der Waals surface area contributed by atoms with Crippen molar-refractivity contribution in [3.63, 3.8) is 0 Å². The molecule has 1 aromatic rings. The van der Waals surface area contributed by atoms with E-state index >= 15 is 0 Å². The summed E-state index contributed by atoms with van der Waals surface area (Å²) in [6.07, 6.45) is 2.37. The first-order valence-electron chi connectivity index (χ1n) is 5.23. The summed E-state index contributed by atoms with van der Waals surface area (Å²) in [4.78, 5) is 11.5. The van der Waals surface area contributed by atoms with Crippen LogP contribution < -0.4 is 5.32 Å². The van der Waals surface area contributed by atoms with Crippen molar-refractivity contribution in [2.24, 2.45) is 0 Å². The zero-order valence-corrected chi connectivity index (χ0v) is 9.84. The minimum atomic E-state index is -0.0220. The van der Waals surface area contributed by atoms with Crippen LogP contribution in [0.15, 0.2) is 30.3 Å². The Morgan fingerprint density at radius 3 is 2.67 bits per heavy atom. The summed E-state index contributed by atoms with van der Waals surface area (Å²) in [5.41, 5.74) is 1.03. The van der Waals surface area contributed by atoms with E-state index in [1.807, 2.05) is 30.3 Å². The molecule has 0 aliphatic rings. The molecule has 0 heterocycles. The first-order chi connectivity index (χ1) is 7.22.